The van der Waals surface area contributed by atoms with Gasteiger partial charge in [0.05, 0.1) is 13.2 Å². The molecule has 1 aromatic rings. The number of aromatic hydroxyl groups is 1. The van der Waals surface area contributed by atoms with Gasteiger partial charge in [-0.3, -0.25) is 0 Å². The monoisotopic (exact) mass is 364 g/mol. The first kappa shape index (κ1) is 22.7. The first-order valence-corrected chi connectivity index (χ1v) is 10.8. The minimum Gasteiger partial charge on any atom is -0.502 e. The topological polar surface area (TPSA) is 38.7 Å². The summed E-state index contributed by atoms with van der Waals surface area (Å²) >= 11 is 0. The zero-order valence-electron chi connectivity index (χ0n) is 17.3. The molecule has 0 radical (unpaired) electrons. The Hall–Kier alpha value is -1.38. The van der Waals surface area contributed by atoms with E-state index in [0.717, 1.165) is 18.4 Å². The molecule has 0 spiro atoms. The molecule has 3 heteroatoms. The molecule has 1 N–H and O–H groups in total. The lowest BCUT2D eigenvalue weighted by molar-refractivity contribution is 0.264. The predicted molar refractivity (Wildman–Crippen MR) is 111 cm³/mol. The number of unbranched alkanes of at least 4 members (excludes halogenated alkanes) is 10. The third kappa shape index (κ3) is 9.94. The van der Waals surface area contributed by atoms with Crippen molar-refractivity contribution in [3.05, 3.63) is 17.7 Å². The van der Waals surface area contributed by atoms with E-state index in [4.69, 9.17) is 9.47 Å². The highest BCUT2D eigenvalue weighted by molar-refractivity contribution is 5.52. The van der Waals surface area contributed by atoms with Gasteiger partial charge in [-0.05, 0) is 37.5 Å². The van der Waals surface area contributed by atoms with Crippen molar-refractivity contribution < 1.29 is 14.6 Å². The molecule has 0 fully saturated rings. The van der Waals surface area contributed by atoms with Gasteiger partial charge in [0, 0.05) is 0 Å². The highest BCUT2D eigenvalue weighted by Gasteiger charge is 2.11. The number of ether oxygens (including phenoxy) is 2. The molecule has 0 saturated carbocycles. The van der Waals surface area contributed by atoms with E-state index in [0.29, 0.717) is 24.7 Å². The Balaban J connectivity index is 2.32. The Labute approximate surface area is 161 Å². The van der Waals surface area contributed by atoms with Gasteiger partial charge in [0.2, 0.25) is 5.75 Å². The van der Waals surface area contributed by atoms with E-state index in [-0.39, 0.29) is 5.75 Å². The molecule has 0 aliphatic rings. The van der Waals surface area contributed by atoms with Gasteiger partial charge in [-0.1, -0.05) is 78.1 Å². The number of hydrogen-bond acceptors (Lipinski definition) is 3. The second-order valence-electron chi connectivity index (χ2n) is 7.34. The zero-order chi connectivity index (χ0) is 19.0. The average Bonchev–Trinajstić information content (AvgIpc) is 2.63. The summed E-state index contributed by atoms with van der Waals surface area (Å²) in [6, 6.07) is 3.79. The van der Waals surface area contributed by atoms with E-state index in [1.807, 2.05) is 19.1 Å². The van der Waals surface area contributed by atoms with Crippen LogP contribution in [0, 0.1) is 6.92 Å². The van der Waals surface area contributed by atoms with Gasteiger partial charge in [0.25, 0.3) is 0 Å². The van der Waals surface area contributed by atoms with Crippen molar-refractivity contribution in [2.45, 2.75) is 97.8 Å². The molecule has 0 saturated heterocycles. The highest BCUT2D eigenvalue weighted by Crippen LogP contribution is 2.37. The third-order valence-electron chi connectivity index (χ3n) is 4.70. The van der Waals surface area contributed by atoms with Crippen molar-refractivity contribution >= 4 is 0 Å². The second kappa shape index (κ2) is 14.8. The Morgan fingerprint density at radius 2 is 1.04 bits per heavy atom. The van der Waals surface area contributed by atoms with E-state index in [1.54, 1.807) is 0 Å². The van der Waals surface area contributed by atoms with Crippen LogP contribution < -0.4 is 9.47 Å². The zero-order valence-corrected chi connectivity index (χ0v) is 17.3. The van der Waals surface area contributed by atoms with Crippen molar-refractivity contribution in [1.29, 1.82) is 0 Å². The lowest BCUT2D eigenvalue weighted by Crippen LogP contribution is -2.01. The van der Waals surface area contributed by atoms with Crippen LogP contribution in [0.5, 0.6) is 17.2 Å². The van der Waals surface area contributed by atoms with Crippen LogP contribution in [0.1, 0.15) is 96.5 Å². The van der Waals surface area contributed by atoms with E-state index in [1.165, 1.54) is 64.2 Å². The summed E-state index contributed by atoms with van der Waals surface area (Å²) in [5.74, 6) is 1.25. The van der Waals surface area contributed by atoms with Crippen LogP contribution in [0.2, 0.25) is 0 Å². The lowest BCUT2D eigenvalue weighted by Gasteiger charge is -2.14. The molecule has 1 rings (SSSR count). The van der Waals surface area contributed by atoms with Crippen molar-refractivity contribution in [2.24, 2.45) is 0 Å². The minimum atomic E-state index is 0.146. The maximum Gasteiger partial charge on any atom is 0.200 e. The fourth-order valence-corrected chi connectivity index (χ4v) is 3.06. The highest BCUT2D eigenvalue weighted by atomic mass is 16.5. The molecular weight excluding hydrogens is 324 g/mol. The second-order valence-corrected chi connectivity index (χ2v) is 7.34. The molecular formula is C23H40O3. The number of hydrogen-bond donors (Lipinski definition) is 1. The summed E-state index contributed by atoms with van der Waals surface area (Å²) in [5, 5.41) is 10.4. The van der Waals surface area contributed by atoms with Crippen LogP contribution >= 0.6 is 0 Å². The van der Waals surface area contributed by atoms with Gasteiger partial charge in [-0.25, -0.2) is 0 Å². The summed E-state index contributed by atoms with van der Waals surface area (Å²) in [6.07, 6.45) is 14.8. The van der Waals surface area contributed by atoms with Crippen LogP contribution in [0.15, 0.2) is 12.1 Å². The molecule has 0 atom stereocenters. The third-order valence-corrected chi connectivity index (χ3v) is 4.70. The smallest absolute Gasteiger partial charge is 0.200 e. The maximum absolute atomic E-state index is 10.4. The van der Waals surface area contributed by atoms with Crippen LogP contribution in [0.25, 0.3) is 0 Å². The number of phenolic OH excluding ortho intramolecular Hbond substituents is 1. The summed E-state index contributed by atoms with van der Waals surface area (Å²) in [5.41, 5.74) is 1.05. The molecule has 3 nitrogen and oxygen atoms in total. The minimum absolute atomic E-state index is 0.146. The summed E-state index contributed by atoms with van der Waals surface area (Å²) in [7, 11) is 0. The Morgan fingerprint density at radius 1 is 0.654 bits per heavy atom. The number of aryl methyl sites for hydroxylation is 1. The Kier molecular flexibility index (Phi) is 12.9. The SMILES string of the molecule is CCCCCCCCOc1cc(C)cc(OCCCCCCCC)c1O. The maximum atomic E-state index is 10.4. The molecule has 0 unspecified atom stereocenters. The largest absolute Gasteiger partial charge is 0.502 e. The van der Waals surface area contributed by atoms with Gasteiger partial charge >= 0.3 is 0 Å². The summed E-state index contributed by atoms with van der Waals surface area (Å²) in [6.45, 7) is 7.78. The fraction of sp³-hybridized carbons (Fsp3) is 0.739. The normalized spacial score (nSPS) is 10.9. The molecule has 150 valence electrons. The Bertz CT molecular complexity index is 432. The molecule has 1 aromatic carbocycles. The Morgan fingerprint density at radius 3 is 1.46 bits per heavy atom. The van der Waals surface area contributed by atoms with E-state index >= 15 is 0 Å². The molecule has 0 bridgehead atoms. The van der Waals surface area contributed by atoms with Gasteiger partial charge in [-0.2, -0.15) is 0 Å². The standard InChI is InChI=1S/C23H40O3/c1-4-6-8-10-12-14-16-25-21-18-20(3)19-22(23(21)24)26-17-15-13-11-9-7-5-2/h18-19,24H,4-17H2,1-3H3. The van der Waals surface area contributed by atoms with E-state index < -0.39 is 0 Å². The first-order chi connectivity index (χ1) is 12.7. The van der Waals surface area contributed by atoms with Crippen molar-refractivity contribution in [1.82, 2.24) is 0 Å². The van der Waals surface area contributed by atoms with E-state index in [9.17, 15) is 5.11 Å². The lowest BCUT2D eigenvalue weighted by atomic mass is 10.1. The molecule has 0 heterocycles. The van der Waals surface area contributed by atoms with Crippen LogP contribution in [-0.2, 0) is 0 Å². The van der Waals surface area contributed by atoms with E-state index in [2.05, 4.69) is 13.8 Å². The molecule has 0 aromatic heterocycles. The summed E-state index contributed by atoms with van der Waals surface area (Å²) in [4.78, 5) is 0. The van der Waals surface area contributed by atoms with Gasteiger partial charge in [0.15, 0.2) is 11.5 Å². The quantitative estimate of drug-likeness (QED) is 0.316. The van der Waals surface area contributed by atoms with Gasteiger partial charge in [-0.15, -0.1) is 0 Å². The van der Waals surface area contributed by atoms with Crippen LogP contribution in [0.3, 0.4) is 0 Å². The average molecular weight is 365 g/mol. The summed E-state index contributed by atoms with van der Waals surface area (Å²) < 4.78 is 11.6. The molecule has 0 aliphatic carbocycles. The number of phenols is 1. The van der Waals surface area contributed by atoms with Crippen LogP contribution in [-0.4, -0.2) is 18.3 Å². The number of benzene rings is 1. The predicted octanol–water partition coefficient (Wildman–Crippen LogP) is 7.18. The van der Waals surface area contributed by atoms with Crippen molar-refractivity contribution in [3.63, 3.8) is 0 Å². The van der Waals surface area contributed by atoms with Gasteiger partial charge in [0.1, 0.15) is 0 Å². The fourth-order valence-electron chi connectivity index (χ4n) is 3.06. The van der Waals surface area contributed by atoms with Crippen molar-refractivity contribution in [3.8, 4) is 17.2 Å². The molecule has 26 heavy (non-hydrogen) atoms. The first-order valence-electron chi connectivity index (χ1n) is 10.8. The van der Waals surface area contributed by atoms with Crippen molar-refractivity contribution in [2.75, 3.05) is 13.2 Å². The number of rotatable bonds is 16. The molecule has 0 aliphatic heterocycles. The molecule has 0 amide bonds. The van der Waals surface area contributed by atoms with Crippen LogP contribution in [0.4, 0.5) is 0 Å². The van der Waals surface area contributed by atoms with Gasteiger partial charge < -0.3 is 14.6 Å².